The van der Waals surface area contributed by atoms with E-state index in [0.717, 1.165) is 17.6 Å². The molecular formula is C13H12N2O5S2. The standard InChI is InChI=1S/C13H12N2O5S2/c1-22(19,20)15-9-4-2-3-8(7-9)14-12(16)10-5-6-11(21-10)13(17)18/h2-7,15H,1H3,(H,14,16)(H,17,18). The number of anilines is 2. The zero-order valence-electron chi connectivity index (χ0n) is 11.4. The van der Waals surface area contributed by atoms with Crippen molar-refractivity contribution in [2.45, 2.75) is 0 Å². The second-order valence-corrected chi connectivity index (χ2v) is 7.21. The summed E-state index contributed by atoms with van der Waals surface area (Å²) in [5.41, 5.74) is 0.710. The molecule has 0 spiro atoms. The van der Waals surface area contributed by atoms with Gasteiger partial charge in [0.15, 0.2) is 0 Å². The number of amides is 1. The van der Waals surface area contributed by atoms with Gasteiger partial charge in [-0.05, 0) is 30.3 Å². The van der Waals surface area contributed by atoms with E-state index in [4.69, 9.17) is 5.11 Å². The SMILES string of the molecule is CS(=O)(=O)Nc1cccc(NC(=O)c2ccc(C(=O)O)s2)c1. The quantitative estimate of drug-likeness (QED) is 0.771. The Morgan fingerprint density at radius 2 is 1.73 bits per heavy atom. The van der Waals surface area contributed by atoms with Gasteiger partial charge in [-0.3, -0.25) is 9.52 Å². The molecular weight excluding hydrogens is 328 g/mol. The molecule has 1 aromatic carbocycles. The van der Waals surface area contributed by atoms with E-state index in [0.29, 0.717) is 11.4 Å². The zero-order chi connectivity index (χ0) is 16.3. The predicted molar refractivity (Wildman–Crippen MR) is 84.1 cm³/mol. The van der Waals surface area contributed by atoms with Crippen molar-refractivity contribution in [1.29, 1.82) is 0 Å². The first-order valence-electron chi connectivity index (χ1n) is 5.97. The van der Waals surface area contributed by atoms with Gasteiger partial charge in [-0.15, -0.1) is 11.3 Å². The van der Waals surface area contributed by atoms with Crippen molar-refractivity contribution >= 4 is 44.6 Å². The van der Waals surface area contributed by atoms with E-state index in [9.17, 15) is 18.0 Å². The van der Waals surface area contributed by atoms with Gasteiger partial charge >= 0.3 is 5.97 Å². The van der Waals surface area contributed by atoms with Gasteiger partial charge in [0.1, 0.15) is 4.88 Å². The van der Waals surface area contributed by atoms with Crippen LogP contribution in [0.3, 0.4) is 0 Å². The van der Waals surface area contributed by atoms with Crippen LogP contribution in [0.2, 0.25) is 0 Å². The number of carbonyl (C=O) groups is 2. The van der Waals surface area contributed by atoms with E-state index in [1.807, 2.05) is 0 Å². The highest BCUT2D eigenvalue weighted by atomic mass is 32.2. The molecule has 1 amide bonds. The molecule has 116 valence electrons. The molecule has 0 atom stereocenters. The summed E-state index contributed by atoms with van der Waals surface area (Å²) in [6, 6.07) is 8.96. The summed E-state index contributed by atoms with van der Waals surface area (Å²) in [5.74, 6) is -1.56. The van der Waals surface area contributed by atoms with Crippen LogP contribution in [0.15, 0.2) is 36.4 Å². The maximum Gasteiger partial charge on any atom is 0.345 e. The molecule has 0 saturated heterocycles. The van der Waals surface area contributed by atoms with Gasteiger partial charge in [0.05, 0.1) is 16.8 Å². The number of carboxylic acids is 1. The Morgan fingerprint density at radius 3 is 2.32 bits per heavy atom. The smallest absolute Gasteiger partial charge is 0.345 e. The Balaban J connectivity index is 2.14. The number of carboxylic acid groups (broad SMARTS) is 1. The van der Waals surface area contributed by atoms with Crippen molar-refractivity contribution in [3.63, 3.8) is 0 Å². The largest absolute Gasteiger partial charge is 0.477 e. The molecule has 2 aromatic rings. The molecule has 0 aliphatic heterocycles. The predicted octanol–water partition coefficient (Wildman–Crippen LogP) is 2.07. The van der Waals surface area contributed by atoms with Crippen molar-refractivity contribution < 1.29 is 23.1 Å². The van der Waals surface area contributed by atoms with Crippen LogP contribution in [0.1, 0.15) is 19.3 Å². The van der Waals surface area contributed by atoms with Gasteiger partial charge in [0.25, 0.3) is 5.91 Å². The minimum Gasteiger partial charge on any atom is -0.477 e. The molecule has 3 N–H and O–H groups in total. The number of rotatable bonds is 5. The Kier molecular flexibility index (Phi) is 4.48. The summed E-state index contributed by atoms with van der Waals surface area (Å²) in [4.78, 5) is 23.1. The number of hydrogen-bond acceptors (Lipinski definition) is 5. The van der Waals surface area contributed by atoms with E-state index < -0.39 is 21.9 Å². The second-order valence-electron chi connectivity index (χ2n) is 4.38. The number of aromatic carboxylic acids is 1. The van der Waals surface area contributed by atoms with Crippen LogP contribution in [0, 0.1) is 0 Å². The number of benzene rings is 1. The number of thiophene rings is 1. The third kappa shape index (κ3) is 4.30. The minimum absolute atomic E-state index is 0.0673. The van der Waals surface area contributed by atoms with Crippen molar-refractivity contribution in [2.24, 2.45) is 0 Å². The molecule has 0 aliphatic carbocycles. The first-order valence-corrected chi connectivity index (χ1v) is 8.68. The molecule has 0 aliphatic rings. The second kappa shape index (κ2) is 6.16. The summed E-state index contributed by atoms with van der Waals surface area (Å²) in [5, 5.41) is 11.4. The lowest BCUT2D eigenvalue weighted by molar-refractivity contribution is 0.0702. The fraction of sp³-hybridized carbons (Fsp3) is 0.0769. The third-order valence-electron chi connectivity index (χ3n) is 2.46. The normalized spacial score (nSPS) is 11.0. The van der Waals surface area contributed by atoms with Crippen LogP contribution in [0.4, 0.5) is 11.4 Å². The topological polar surface area (TPSA) is 113 Å². The molecule has 9 heteroatoms. The summed E-state index contributed by atoms with van der Waals surface area (Å²) in [7, 11) is -3.41. The first-order chi connectivity index (χ1) is 10.2. The Bertz CT molecular complexity index is 826. The fourth-order valence-corrected chi connectivity index (χ4v) is 2.94. The highest BCUT2D eigenvalue weighted by Gasteiger charge is 2.13. The molecule has 0 fully saturated rings. The molecule has 0 unspecified atom stereocenters. The van der Waals surface area contributed by atoms with E-state index in [-0.39, 0.29) is 9.75 Å². The monoisotopic (exact) mass is 340 g/mol. The minimum atomic E-state index is -3.41. The average molecular weight is 340 g/mol. The maximum atomic E-state index is 12.0. The third-order valence-corrected chi connectivity index (χ3v) is 4.14. The highest BCUT2D eigenvalue weighted by molar-refractivity contribution is 7.92. The fourth-order valence-electron chi connectivity index (χ4n) is 1.64. The average Bonchev–Trinajstić information content (AvgIpc) is 2.86. The number of carbonyl (C=O) groups excluding carboxylic acids is 1. The summed E-state index contributed by atoms with van der Waals surface area (Å²) < 4.78 is 24.6. The van der Waals surface area contributed by atoms with Gasteiger partial charge in [-0.25, -0.2) is 13.2 Å². The Hall–Kier alpha value is -2.39. The summed E-state index contributed by atoms with van der Waals surface area (Å²) in [6.45, 7) is 0. The zero-order valence-corrected chi connectivity index (χ0v) is 13.0. The first kappa shape index (κ1) is 16.0. The molecule has 1 heterocycles. The van der Waals surface area contributed by atoms with E-state index >= 15 is 0 Å². The van der Waals surface area contributed by atoms with Crippen molar-refractivity contribution in [1.82, 2.24) is 0 Å². The Morgan fingerprint density at radius 1 is 1.09 bits per heavy atom. The molecule has 22 heavy (non-hydrogen) atoms. The highest BCUT2D eigenvalue weighted by Crippen LogP contribution is 2.20. The van der Waals surface area contributed by atoms with Gasteiger partial charge in [0.2, 0.25) is 10.0 Å². The van der Waals surface area contributed by atoms with Crippen LogP contribution >= 0.6 is 11.3 Å². The molecule has 0 bridgehead atoms. The van der Waals surface area contributed by atoms with Crippen LogP contribution in [0.5, 0.6) is 0 Å². The molecule has 0 radical (unpaired) electrons. The molecule has 2 rings (SSSR count). The molecule has 1 aromatic heterocycles. The summed E-state index contributed by atoms with van der Waals surface area (Å²) in [6.07, 6.45) is 1.03. The Labute approximate surface area is 130 Å². The maximum absolute atomic E-state index is 12.0. The van der Waals surface area contributed by atoms with Gasteiger partial charge in [-0.2, -0.15) is 0 Å². The lowest BCUT2D eigenvalue weighted by Gasteiger charge is -2.07. The van der Waals surface area contributed by atoms with E-state index in [1.54, 1.807) is 18.2 Å². The lowest BCUT2D eigenvalue weighted by Crippen LogP contribution is -2.12. The van der Waals surface area contributed by atoms with Gasteiger partial charge in [0, 0.05) is 5.69 Å². The summed E-state index contributed by atoms with van der Waals surface area (Å²) >= 11 is 0.859. The van der Waals surface area contributed by atoms with E-state index in [2.05, 4.69) is 10.0 Å². The number of sulfonamides is 1. The van der Waals surface area contributed by atoms with Crippen LogP contribution in [-0.2, 0) is 10.0 Å². The van der Waals surface area contributed by atoms with E-state index in [1.165, 1.54) is 18.2 Å². The number of nitrogens with one attached hydrogen (secondary N) is 2. The van der Waals surface area contributed by atoms with Crippen LogP contribution in [0.25, 0.3) is 0 Å². The molecule has 0 saturated carbocycles. The van der Waals surface area contributed by atoms with Crippen molar-refractivity contribution in [2.75, 3.05) is 16.3 Å². The van der Waals surface area contributed by atoms with Crippen LogP contribution < -0.4 is 10.0 Å². The van der Waals surface area contributed by atoms with Gasteiger partial charge in [-0.1, -0.05) is 6.07 Å². The molecule has 7 nitrogen and oxygen atoms in total. The van der Waals surface area contributed by atoms with Crippen molar-refractivity contribution in [3.05, 3.63) is 46.2 Å². The number of hydrogen-bond donors (Lipinski definition) is 3. The van der Waals surface area contributed by atoms with Gasteiger partial charge < -0.3 is 10.4 Å². The van der Waals surface area contributed by atoms with Crippen LogP contribution in [-0.4, -0.2) is 31.7 Å². The van der Waals surface area contributed by atoms with Crippen molar-refractivity contribution in [3.8, 4) is 0 Å². The lowest BCUT2D eigenvalue weighted by atomic mass is 10.3.